The first kappa shape index (κ1) is 16.0. The minimum Gasteiger partial charge on any atom is -0.481 e. The van der Waals surface area contributed by atoms with Crippen molar-refractivity contribution in [3.8, 4) is 0 Å². The molecule has 0 spiro atoms. The summed E-state index contributed by atoms with van der Waals surface area (Å²) in [6, 6.07) is 0. The minimum atomic E-state index is -0.703. The molecule has 0 heterocycles. The second kappa shape index (κ2) is 6.40. The second-order valence-electron chi connectivity index (χ2n) is 6.22. The molecule has 1 aliphatic carbocycles. The van der Waals surface area contributed by atoms with Crippen LogP contribution in [-0.4, -0.2) is 22.5 Å². The van der Waals surface area contributed by atoms with Crippen LogP contribution < -0.4 is 5.32 Å². The molecule has 0 aromatic heterocycles. The zero-order valence-electron chi connectivity index (χ0n) is 12.5. The molecule has 2 unspecified atom stereocenters. The zero-order valence-corrected chi connectivity index (χ0v) is 12.5. The SMILES string of the molecule is CCC(CCC(C)C1(NC(=O)C(C)C)CC1)C(=O)O. The Morgan fingerprint density at radius 3 is 2.16 bits per heavy atom. The van der Waals surface area contributed by atoms with Crippen molar-refractivity contribution in [2.24, 2.45) is 17.8 Å². The van der Waals surface area contributed by atoms with Gasteiger partial charge in [-0.25, -0.2) is 0 Å². The molecule has 2 atom stereocenters. The molecule has 19 heavy (non-hydrogen) atoms. The highest BCUT2D eigenvalue weighted by Crippen LogP contribution is 2.44. The standard InChI is InChI=1S/C15H27NO3/c1-5-12(14(18)19)7-6-11(4)15(8-9-15)16-13(17)10(2)3/h10-12H,5-9H2,1-4H3,(H,16,17)(H,18,19). The number of hydrogen-bond acceptors (Lipinski definition) is 2. The maximum atomic E-state index is 11.8. The van der Waals surface area contributed by atoms with E-state index >= 15 is 0 Å². The number of nitrogens with one attached hydrogen (secondary N) is 1. The van der Waals surface area contributed by atoms with Crippen LogP contribution in [0.2, 0.25) is 0 Å². The number of carboxylic acids is 1. The number of carbonyl (C=O) groups excluding carboxylic acids is 1. The maximum Gasteiger partial charge on any atom is 0.306 e. The average Bonchev–Trinajstić information content (AvgIpc) is 3.10. The van der Waals surface area contributed by atoms with Gasteiger partial charge in [0.2, 0.25) is 5.91 Å². The van der Waals surface area contributed by atoms with Crippen LogP contribution in [-0.2, 0) is 9.59 Å². The van der Waals surface area contributed by atoms with Gasteiger partial charge in [0.1, 0.15) is 0 Å². The van der Waals surface area contributed by atoms with Crippen LogP contribution in [0.5, 0.6) is 0 Å². The van der Waals surface area contributed by atoms with Crippen molar-refractivity contribution in [1.82, 2.24) is 5.32 Å². The van der Waals surface area contributed by atoms with Crippen LogP contribution >= 0.6 is 0 Å². The molecule has 0 aromatic rings. The van der Waals surface area contributed by atoms with E-state index < -0.39 is 5.97 Å². The van der Waals surface area contributed by atoms with Crippen molar-refractivity contribution in [2.75, 3.05) is 0 Å². The molecule has 1 saturated carbocycles. The highest BCUT2D eigenvalue weighted by atomic mass is 16.4. The Labute approximate surface area is 116 Å². The molecule has 1 amide bonds. The Hall–Kier alpha value is -1.06. The summed E-state index contributed by atoms with van der Waals surface area (Å²) in [6.45, 7) is 7.83. The smallest absolute Gasteiger partial charge is 0.306 e. The fourth-order valence-electron chi connectivity index (χ4n) is 2.50. The first-order valence-electron chi connectivity index (χ1n) is 7.37. The van der Waals surface area contributed by atoms with E-state index in [1.807, 2.05) is 20.8 Å². The summed E-state index contributed by atoms with van der Waals surface area (Å²) in [5.74, 6) is -0.491. The topological polar surface area (TPSA) is 66.4 Å². The van der Waals surface area contributed by atoms with Crippen LogP contribution in [0.4, 0.5) is 0 Å². The van der Waals surface area contributed by atoms with Gasteiger partial charge in [0.25, 0.3) is 0 Å². The van der Waals surface area contributed by atoms with E-state index in [0.29, 0.717) is 18.8 Å². The maximum absolute atomic E-state index is 11.8. The first-order chi connectivity index (χ1) is 8.82. The Bertz CT molecular complexity index is 334. The van der Waals surface area contributed by atoms with Crippen molar-refractivity contribution in [3.63, 3.8) is 0 Å². The summed E-state index contributed by atoms with van der Waals surface area (Å²) < 4.78 is 0. The molecule has 0 bridgehead atoms. The van der Waals surface area contributed by atoms with Crippen molar-refractivity contribution in [2.45, 2.75) is 65.3 Å². The predicted molar refractivity (Wildman–Crippen MR) is 74.8 cm³/mol. The largest absolute Gasteiger partial charge is 0.481 e. The van der Waals surface area contributed by atoms with Crippen LogP contribution in [0.25, 0.3) is 0 Å². The van der Waals surface area contributed by atoms with Crippen LogP contribution in [0.3, 0.4) is 0 Å². The number of aliphatic carboxylic acids is 1. The third-order valence-electron chi connectivity index (χ3n) is 4.42. The summed E-state index contributed by atoms with van der Waals surface area (Å²) >= 11 is 0. The molecule has 1 rings (SSSR count). The van der Waals surface area contributed by atoms with Gasteiger partial charge < -0.3 is 10.4 Å². The van der Waals surface area contributed by atoms with Gasteiger partial charge in [-0.05, 0) is 38.0 Å². The van der Waals surface area contributed by atoms with E-state index in [0.717, 1.165) is 19.3 Å². The third kappa shape index (κ3) is 4.22. The predicted octanol–water partition coefficient (Wildman–Crippen LogP) is 2.82. The van der Waals surface area contributed by atoms with Gasteiger partial charge in [-0.1, -0.05) is 27.7 Å². The molecular weight excluding hydrogens is 242 g/mol. The van der Waals surface area contributed by atoms with Crippen molar-refractivity contribution in [1.29, 1.82) is 0 Å². The fraction of sp³-hybridized carbons (Fsp3) is 0.867. The highest BCUT2D eigenvalue weighted by molar-refractivity contribution is 5.79. The Kier molecular flexibility index (Phi) is 5.39. The molecule has 0 aliphatic heterocycles. The second-order valence-corrected chi connectivity index (χ2v) is 6.22. The molecule has 1 aliphatic rings. The lowest BCUT2D eigenvalue weighted by molar-refractivity contribution is -0.142. The monoisotopic (exact) mass is 269 g/mol. The van der Waals surface area contributed by atoms with Crippen LogP contribution in [0.15, 0.2) is 0 Å². The van der Waals surface area contributed by atoms with Gasteiger partial charge in [0.15, 0.2) is 0 Å². The molecule has 4 heteroatoms. The lowest BCUT2D eigenvalue weighted by atomic mass is 9.89. The summed E-state index contributed by atoms with van der Waals surface area (Å²) in [6.07, 6.45) is 4.29. The lowest BCUT2D eigenvalue weighted by Crippen LogP contribution is -2.43. The number of rotatable bonds is 8. The molecule has 110 valence electrons. The molecule has 0 aromatic carbocycles. The molecule has 2 N–H and O–H groups in total. The van der Waals surface area contributed by atoms with Gasteiger partial charge in [-0.15, -0.1) is 0 Å². The fourth-order valence-corrected chi connectivity index (χ4v) is 2.50. The van der Waals surface area contributed by atoms with Gasteiger partial charge >= 0.3 is 5.97 Å². The highest BCUT2D eigenvalue weighted by Gasteiger charge is 2.48. The Morgan fingerprint density at radius 1 is 1.21 bits per heavy atom. The van der Waals surface area contributed by atoms with Crippen LogP contribution in [0, 0.1) is 17.8 Å². The normalized spacial score (nSPS) is 19.8. The van der Waals surface area contributed by atoms with Crippen LogP contribution in [0.1, 0.15) is 59.8 Å². The van der Waals surface area contributed by atoms with Gasteiger partial charge in [0, 0.05) is 11.5 Å². The quantitative estimate of drug-likeness (QED) is 0.712. The Balaban J connectivity index is 2.46. The molecule has 0 radical (unpaired) electrons. The van der Waals surface area contributed by atoms with E-state index in [2.05, 4.69) is 12.2 Å². The lowest BCUT2D eigenvalue weighted by Gasteiger charge is -2.26. The van der Waals surface area contributed by atoms with Gasteiger partial charge in [0.05, 0.1) is 5.92 Å². The zero-order chi connectivity index (χ0) is 14.6. The van der Waals surface area contributed by atoms with E-state index in [4.69, 9.17) is 5.11 Å². The third-order valence-corrected chi connectivity index (χ3v) is 4.42. The molecule has 1 fully saturated rings. The minimum absolute atomic E-state index is 0.00656. The van der Waals surface area contributed by atoms with E-state index in [-0.39, 0.29) is 23.3 Å². The van der Waals surface area contributed by atoms with Crippen molar-refractivity contribution >= 4 is 11.9 Å². The number of amides is 1. The summed E-state index contributed by atoms with van der Waals surface area (Å²) in [4.78, 5) is 22.8. The van der Waals surface area contributed by atoms with E-state index in [1.165, 1.54) is 0 Å². The molecule has 0 saturated heterocycles. The summed E-state index contributed by atoms with van der Waals surface area (Å²) in [5, 5.41) is 12.2. The molecular formula is C15H27NO3. The number of carbonyl (C=O) groups is 2. The summed E-state index contributed by atoms with van der Waals surface area (Å²) in [5.41, 5.74) is -0.0574. The molecule has 4 nitrogen and oxygen atoms in total. The van der Waals surface area contributed by atoms with Crippen molar-refractivity contribution < 1.29 is 14.7 Å². The first-order valence-corrected chi connectivity index (χ1v) is 7.37. The van der Waals surface area contributed by atoms with E-state index in [1.54, 1.807) is 0 Å². The Morgan fingerprint density at radius 2 is 1.79 bits per heavy atom. The number of hydrogen-bond donors (Lipinski definition) is 2. The average molecular weight is 269 g/mol. The van der Waals surface area contributed by atoms with Gasteiger partial charge in [-0.3, -0.25) is 9.59 Å². The van der Waals surface area contributed by atoms with Gasteiger partial charge in [-0.2, -0.15) is 0 Å². The summed E-state index contributed by atoms with van der Waals surface area (Å²) in [7, 11) is 0. The number of carboxylic acid groups (broad SMARTS) is 1. The van der Waals surface area contributed by atoms with Crippen molar-refractivity contribution in [3.05, 3.63) is 0 Å². The van der Waals surface area contributed by atoms with E-state index in [9.17, 15) is 9.59 Å².